The van der Waals surface area contributed by atoms with E-state index < -0.39 is 30.1 Å². The summed E-state index contributed by atoms with van der Waals surface area (Å²) in [7, 11) is 0. The molecule has 2 aromatic rings. The first-order valence-electron chi connectivity index (χ1n) is 7.54. The molecule has 0 spiro atoms. The Bertz CT molecular complexity index is 845. The number of aliphatic hydroxyl groups is 2. The molecule has 1 saturated heterocycles. The van der Waals surface area contributed by atoms with Crippen molar-refractivity contribution in [3.63, 3.8) is 0 Å². The minimum atomic E-state index is -1.04. The number of imidazole rings is 1. The van der Waals surface area contributed by atoms with E-state index in [-0.39, 0.29) is 28.5 Å². The van der Waals surface area contributed by atoms with Crippen molar-refractivity contribution in [2.45, 2.75) is 37.9 Å². The van der Waals surface area contributed by atoms with Gasteiger partial charge in [0.15, 0.2) is 22.2 Å². The van der Waals surface area contributed by atoms with Crippen LogP contribution in [0.5, 0.6) is 0 Å². The number of aromatic amines is 2. The number of hydrogen-bond acceptors (Lipinski definition) is 8. The number of aromatic nitrogens is 4. The van der Waals surface area contributed by atoms with Crippen LogP contribution in [-0.4, -0.2) is 61.3 Å². The number of fused-ring (bicyclic) bond motifs is 1. The predicted octanol–water partition coefficient (Wildman–Crippen LogP) is -0.590. The molecule has 0 bridgehead atoms. The third-order valence-electron chi connectivity index (χ3n) is 3.86. The van der Waals surface area contributed by atoms with Crippen molar-refractivity contribution in [3.8, 4) is 0 Å². The van der Waals surface area contributed by atoms with E-state index in [1.807, 2.05) is 6.92 Å². The smallest absolute Gasteiger partial charge is 0.278 e. The molecule has 132 valence electrons. The van der Waals surface area contributed by atoms with Crippen LogP contribution in [0.4, 0.5) is 5.95 Å². The fourth-order valence-corrected chi connectivity index (χ4v) is 3.07. The lowest BCUT2D eigenvalue weighted by atomic mass is 10.1. The molecule has 0 amide bonds. The van der Waals surface area contributed by atoms with Crippen molar-refractivity contribution in [1.82, 2.24) is 19.5 Å². The van der Waals surface area contributed by atoms with Crippen molar-refractivity contribution in [3.05, 3.63) is 15.1 Å². The average molecular weight is 357 g/mol. The zero-order valence-corrected chi connectivity index (χ0v) is 13.7. The van der Waals surface area contributed by atoms with Crippen LogP contribution in [0.2, 0.25) is 0 Å². The number of hydrogen-bond donors (Lipinski definition) is 5. The highest BCUT2D eigenvalue weighted by atomic mass is 32.1. The second kappa shape index (κ2) is 6.61. The number of nitrogens with two attached hydrogens (primary N) is 1. The van der Waals surface area contributed by atoms with Crippen LogP contribution in [0, 0.1) is 4.77 Å². The van der Waals surface area contributed by atoms with E-state index in [0.717, 1.165) is 6.42 Å². The lowest BCUT2D eigenvalue weighted by Crippen LogP contribution is -2.35. The van der Waals surface area contributed by atoms with Crippen LogP contribution >= 0.6 is 12.2 Å². The molecule has 2 aromatic heterocycles. The first-order chi connectivity index (χ1) is 11.5. The number of aliphatic hydroxyl groups excluding tert-OH is 2. The van der Waals surface area contributed by atoms with Gasteiger partial charge in [-0.05, 0) is 18.6 Å². The highest BCUT2D eigenvalue weighted by Gasteiger charge is 2.46. The summed E-state index contributed by atoms with van der Waals surface area (Å²) in [5, 5.41) is 19.7. The van der Waals surface area contributed by atoms with Gasteiger partial charge in [-0.1, -0.05) is 6.92 Å². The summed E-state index contributed by atoms with van der Waals surface area (Å²) in [4.78, 5) is 21.2. The molecule has 11 heteroatoms. The molecule has 10 nitrogen and oxygen atoms in total. The van der Waals surface area contributed by atoms with Crippen molar-refractivity contribution in [1.29, 1.82) is 0 Å². The number of nitrogens with zero attached hydrogens (tertiary/aromatic N) is 2. The summed E-state index contributed by atoms with van der Waals surface area (Å²) in [5.41, 5.74) is 5.48. The molecule has 1 aliphatic rings. The molecule has 3 rings (SSSR count). The van der Waals surface area contributed by atoms with Gasteiger partial charge < -0.3 is 30.4 Å². The number of rotatable bonds is 5. The van der Waals surface area contributed by atoms with E-state index in [4.69, 9.17) is 27.4 Å². The number of anilines is 1. The lowest BCUT2D eigenvalue weighted by molar-refractivity contribution is -0.0709. The van der Waals surface area contributed by atoms with Crippen LogP contribution in [0.15, 0.2) is 4.79 Å². The Morgan fingerprint density at radius 2 is 2.25 bits per heavy atom. The molecule has 0 radical (unpaired) electrons. The van der Waals surface area contributed by atoms with Crippen LogP contribution in [0.1, 0.15) is 19.6 Å². The van der Waals surface area contributed by atoms with Gasteiger partial charge in [0.05, 0.1) is 6.61 Å². The maximum atomic E-state index is 12.0. The largest absolute Gasteiger partial charge is 0.394 e. The topological polar surface area (TPSA) is 151 Å². The SMILES string of the molecule is CCCO[C@@H]1[C@H](O)[C@@H](CO)O[C@H]1n1c(=S)[nH]c2c(=O)[nH]c(N)nc21. The molecule has 0 saturated carbocycles. The second-order valence-electron chi connectivity index (χ2n) is 5.52. The Morgan fingerprint density at radius 3 is 2.92 bits per heavy atom. The summed E-state index contributed by atoms with van der Waals surface area (Å²) in [5.74, 6) is -0.0708. The number of nitrogen functional groups attached to an aromatic ring is 1. The predicted molar refractivity (Wildman–Crippen MR) is 87.0 cm³/mol. The Hall–Kier alpha value is -1.79. The minimum absolute atomic E-state index is 0.0708. The van der Waals surface area contributed by atoms with Crippen LogP contribution in [0.3, 0.4) is 0 Å². The minimum Gasteiger partial charge on any atom is -0.394 e. The number of ether oxygens (including phenoxy) is 2. The maximum absolute atomic E-state index is 12.0. The summed E-state index contributed by atoms with van der Waals surface area (Å²) < 4.78 is 13.0. The van der Waals surface area contributed by atoms with Gasteiger partial charge in [0.2, 0.25) is 5.95 Å². The average Bonchev–Trinajstić information content (AvgIpc) is 3.02. The highest BCUT2D eigenvalue weighted by molar-refractivity contribution is 7.71. The van der Waals surface area contributed by atoms with Gasteiger partial charge in [0.25, 0.3) is 5.56 Å². The molecule has 3 heterocycles. The Labute approximate surface area is 141 Å². The van der Waals surface area contributed by atoms with Gasteiger partial charge in [-0.2, -0.15) is 4.98 Å². The highest BCUT2D eigenvalue weighted by Crippen LogP contribution is 2.33. The molecule has 6 N–H and O–H groups in total. The molecular formula is C13H19N5O5S. The van der Waals surface area contributed by atoms with Crippen molar-refractivity contribution < 1.29 is 19.7 Å². The van der Waals surface area contributed by atoms with E-state index in [0.29, 0.717) is 6.61 Å². The third kappa shape index (κ3) is 2.74. The Balaban J connectivity index is 2.12. The first kappa shape index (κ1) is 17.0. The second-order valence-corrected chi connectivity index (χ2v) is 5.91. The van der Waals surface area contributed by atoms with Gasteiger partial charge in [0.1, 0.15) is 18.3 Å². The van der Waals surface area contributed by atoms with Crippen molar-refractivity contribution in [2.75, 3.05) is 18.9 Å². The Kier molecular flexibility index (Phi) is 4.69. The molecule has 4 atom stereocenters. The third-order valence-corrected chi connectivity index (χ3v) is 4.16. The van der Waals surface area contributed by atoms with Gasteiger partial charge in [-0.25, -0.2) is 0 Å². The molecule has 1 fully saturated rings. The van der Waals surface area contributed by atoms with E-state index in [2.05, 4.69) is 15.0 Å². The van der Waals surface area contributed by atoms with E-state index >= 15 is 0 Å². The van der Waals surface area contributed by atoms with Crippen LogP contribution in [0.25, 0.3) is 11.2 Å². The molecule has 1 aliphatic heterocycles. The van der Waals surface area contributed by atoms with E-state index in [9.17, 15) is 15.0 Å². The van der Waals surface area contributed by atoms with Gasteiger partial charge in [0, 0.05) is 6.61 Å². The van der Waals surface area contributed by atoms with Gasteiger partial charge in [-0.15, -0.1) is 0 Å². The number of nitrogens with one attached hydrogen (secondary N) is 2. The molecule has 0 unspecified atom stereocenters. The first-order valence-corrected chi connectivity index (χ1v) is 7.94. The summed E-state index contributed by atoms with van der Waals surface area (Å²) >= 11 is 5.27. The quantitative estimate of drug-likeness (QED) is 0.445. The fraction of sp³-hybridized carbons (Fsp3) is 0.615. The zero-order chi connectivity index (χ0) is 17.4. The van der Waals surface area contributed by atoms with Crippen molar-refractivity contribution >= 4 is 29.3 Å². The summed E-state index contributed by atoms with van der Waals surface area (Å²) in [6.45, 7) is 1.95. The van der Waals surface area contributed by atoms with Crippen molar-refractivity contribution in [2.24, 2.45) is 0 Å². The molecular weight excluding hydrogens is 338 g/mol. The standard InChI is InChI=1S/C13H19N5O5S/c1-2-3-22-8-7(20)5(4-19)23-11(8)18-9-6(15-13(18)24)10(21)17-12(14)16-9/h5,7-8,11,19-20H,2-4H2,1H3,(H,15,24)(H3,14,16,17,21)/t5-,7-,8-,11-/m1/s1. The van der Waals surface area contributed by atoms with Gasteiger partial charge >= 0.3 is 0 Å². The molecule has 24 heavy (non-hydrogen) atoms. The summed E-state index contributed by atoms with van der Waals surface area (Å²) in [6, 6.07) is 0. The van der Waals surface area contributed by atoms with E-state index in [1.165, 1.54) is 4.57 Å². The molecule has 0 aromatic carbocycles. The number of H-pyrrole nitrogens is 2. The Morgan fingerprint density at radius 1 is 1.50 bits per heavy atom. The molecule has 0 aliphatic carbocycles. The fourth-order valence-electron chi connectivity index (χ4n) is 2.78. The normalized spacial score (nSPS) is 27.1. The van der Waals surface area contributed by atoms with E-state index in [1.54, 1.807) is 0 Å². The monoisotopic (exact) mass is 357 g/mol. The zero-order valence-electron chi connectivity index (χ0n) is 12.9. The van der Waals surface area contributed by atoms with Crippen LogP contribution in [-0.2, 0) is 9.47 Å². The summed E-state index contributed by atoms with van der Waals surface area (Å²) in [6.07, 6.45) is -2.75. The lowest BCUT2D eigenvalue weighted by Gasteiger charge is -2.21. The maximum Gasteiger partial charge on any atom is 0.278 e. The van der Waals surface area contributed by atoms with Gasteiger partial charge in [-0.3, -0.25) is 14.3 Å². The van der Waals surface area contributed by atoms with Crippen LogP contribution < -0.4 is 11.3 Å².